The van der Waals surface area contributed by atoms with Crippen LogP contribution in [0.4, 0.5) is 0 Å². The summed E-state index contributed by atoms with van der Waals surface area (Å²) < 4.78 is 11.2. The first-order valence-corrected chi connectivity index (χ1v) is 11.3. The first kappa shape index (κ1) is 23.1. The molecule has 4 rings (SSSR count). The number of aliphatic hydroxyl groups is 1. The Hall–Kier alpha value is -3.07. The highest BCUT2D eigenvalue weighted by atomic mass is 16.5. The lowest BCUT2D eigenvalue weighted by atomic mass is 10.1. The van der Waals surface area contributed by atoms with Crippen LogP contribution < -0.4 is 0 Å². The molecule has 33 heavy (non-hydrogen) atoms. The molecule has 1 atom stereocenters. The number of nitrogens with zero attached hydrogens (tertiary/aromatic N) is 2. The van der Waals surface area contributed by atoms with Crippen molar-refractivity contribution in [3.63, 3.8) is 0 Å². The number of imide groups is 1. The van der Waals surface area contributed by atoms with Crippen molar-refractivity contribution >= 4 is 17.7 Å². The molecule has 0 aliphatic carbocycles. The third-order valence-electron chi connectivity index (χ3n) is 5.92. The van der Waals surface area contributed by atoms with Crippen LogP contribution in [-0.4, -0.2) is 72.1 Å². The zero-order valence-corrected chi connectivity index (χ0v) is 18.4. The maximum Gasteiger partial charge on any atom is 0.261 e. The van der Waals surface area contributed by atoms with Crippen molar-refractivity contribution < 1.29 is 29.0 Å². The van der Waals surface area contributed by atoms with Crippen LogP contribution in [0.5, 0.6) is 0 Å². The number of carbonyl (C=O) groups is 3. The molecule has 174 valence electrons. The topological polar surface area (TPSA) is 96.4 Å². The monoisotopic (exact) mass is 452 g/mol. The van der Waals surface area contributed by atoms with Gasteiger partial charge in [-0.3, -0.25) is 19.3 Å². The largest absolute Gasteiger partial charge is 0.380 e. The standard InChI is InChI=1S/C25H28N2O6/c28-22-18-8-2-3-9-19(18)23(29)26(22)12-16-32-14-6-1-7-15-33-17-13-27-24(30)20-10-4-5-11-21(20)25(27)31/h2-5,8-11,22,28H,1,6-7,12-17H2. The van der Waals surface area contributed by atoms with E-state index in [4.69, 9.17) is 9.47 Å². The molecule has 0 fully saturated rings. The Labute approximate surface area is 192 Å². The fraction of sp³-hybridized carbons (Fsp3) is 0.400. The van der Waals surface area contributed by atoms with E-state index in [0.29, 0.717) is 55.2 Å². The van der Waals surface area contributed by atoms with E-state index in [0.717, 1.165) is 19.3 Å². The summed E-state index contributed by atoms with van der Waals surface area (Å²) in [7, 11) is 0. The minimum atomic E-state index is -0.908. The van der Waals surface area contributed by atoms with Gasteiger partial charge < -0.3 is 19.5 Å². The van der Waals surface area contributed by atoms with Gasteiger partial charge in [0.25, 0.3) is 17.7 Å². The van der Waals surface area contributed by atoms with Crippen LogP contribution in [0.2, 0.25) is 0 Å². The number of ether oxygens (including phenoxy) is 2. The van der Waals surface area contributed by atoms with Gasteiger partial charge >= 0.3 is 0 Å². The van der Waals surface area contributed by atoms with Crippen molar-refractivity contribution in [3.8, 4) is 0 Å². The highest BCUT2D eigenvalue weighted by Gasteiger charge is 2.35. The molecule has 2 aromatic carbocycles. The molecule has 0 radical (unpaired) electrons. The number of benzene rings is 2. The summed E-state index contributed by atoms with van der Waals surface area (Å²) in [4.78, 5) is 39.5. The van der Waals surface area contributed by atoms with E-state index in [9.17, 15) is 19.5 Å². The second kappa shape index (κ2) is 10.7. The first-order valence-electron chi connectivity index (χ1n) is 11.3. The van der Waals surface area contributed by atoms with Crippen LogP contribution in [0.3, 0.4) is 0 Å². The number of rotatable bonds is 12. The Morgan fingerprint density at radius 3 is 1.82 bits per heavy atom. The lowest BCUT2D eigenvalue weighted by Crippen LogP contribution is -2.33. The molecule has 8 heteroatoms. The number of unbranched alkanes of at least 4 members (excludes halogenated alkanes) is 2. The van der Waals surface area contributed by atoms with Gasteiger partial charge in [-0.15, -0.1) is 0 Å². The Morgan fingerprint density at radius 1 is 0.667 bits per heavy atom. The van der Waals surface area contributed by atoms with E-state index in [1.165, 1.54) is 9.80 Å². The van der Waals surface area contributed by atoms with Gasteiger partial charge in [-0.2, -0.15) is 0 Å². The van der Waals surface area contributed by atoms with Crippen LogP contribution in [0, 0.1) is 0 Å². The Morgan fingerprint density at radius 2 is 1.21 bits per heavy atom. The molecule has 1 N–H and O–H groups in total. The van der Waals surface area contributed by atoms with Gasteiger partial charge in [-0.1, -0.05) is 30.3 Å². The minimum Gasteiger partial charge on any atom is -0.380 e. The van der Waals surface area contributed by atoms with Crippen LogP contribution in [-0.2, 0) is 9.47 Å². The smallest absolute Gasteiger partial charge is 0.261 e. The minimum absolute atomic E-state index is 0.167. The molecule has 0 aromatic heterocycles. The SMILES string of the molecule is O=C1c2ccccc2C(=O)N1CCOCCCCCOCCN1C(=O)c2ccccc2C1O. The van der Waals surface area contributed by atoms with Gasteiger partial charge in [0.2, 0.25) is 0 Å². The third kappa shape index (κ3) is 4.98. The van der Waals surface area contributed by atoms with Gasteiger partial charge in [0.1, 0.15) is 0 Å². The van der Waals surface area contributed by atoms with Crippen molar-refractivity contribution in [2.24, 2.45) is 0 Å². The summed E-state index contributed by atoms with van der Waals surface area (Å²) in [5, 5.41) is 10.3. The van der Waals surface area contributed by atoms with Gasteiger partial charge in [-0.05, 0) is 37.5 Å². The molecular formula is C25H28N2O6. The molecular weight excluding hydrogens is 424 g/mol. The van der Waals surface area contributed by atoms with Crippen molar-refractivity contribution in [1.29, 1.82) is 0 Å². The molecule has 1 unspecified atom stereocenters. The molecule has 0 bridgehead atoms. The first-order chi connectivity index (χ1) is 16.1. The van der Waals surface area contributed by atoms with E-state index in [2.05, 4.69) is 0 Å². The van der Waals surface area contributed by atoms with E-state index < -0.39 is 6.23 Å². The second-order valence-electron chi connectivity index (χ2n) is 8.05. The summed E-state index contributed by atoms with van der Waals surface area (Å²) in [5.74, 6) is -0.688. The second-order valence-corrected chi connectivity index (χ2v) is 8.05. The summed E-state index contributed by atoms with van der Waals surface area (Å²) in [6.07, 6.45) is 1.72. The van der Waals surface area contributed by atoms with Gasteiger partial charge in [0.05, 0.1) is 30.9 Å². The van der Waals surface area contributed by atoms with Gasteiger partial charge in [-0.25, -0.2) is 0 Å². The number of carbonyl (C=O) groups excluding carboxylic acids is 3. The van der Waals surface area contributed by atoms with E-state index in [-0.39, 0.29) is 24.3 Å². The lowest BCUT2D eigenvalue weighted by molar-refractivity contribution is 0.00217. The van der Waals surface area contributed by atoms with Crippen molar-refractivity contribution in [2.75, 3.05) is 39.5 Å². The van der Waals surface area contributed by atoms with E-state index in [1.807, 2.05) is 6.07 Å². The predicted molar refractivity (Wildman–Crippen MR) is 120 cm³/mol. The number of aliphatic hydroxyl groups excluding tert-OH is 1. The number of hydrogen-bond acceptors (Lipinski definition) is 6. The Kier molecular flexibility index (Phi) is 7.49. The summed E-state index contributed by atoms with van der Waals surface area (Å²) >= 11 is 0. The fourth-order valence-electron chi connectivity index (χ4n) is 4.12. The molecule has 0 saturated carbocycles. The fourth-order valence-corrected chi connectivity index (χ4v) is 4.12. The van der Waals surface area contributed by atoms with E-state index in [1.54, 1.807) is 42.5 Å². The molecule has 2 aliphatic rings. The van der Waals surface area contributed by atoms with Gasteiger partial charge in [0.15, 0.2) is 6.23 Å². The molecule has 2 aliphatic heterocycles. The maximum atomic E-state index is 12.3. The maximum absolute atomic E-state index is 12.3. The van der Waals surface area contributed by atoms with Crippen molar-refractivity contribution in [2.45, 2.75) is 25.5 Å². The predicted octanol–water partition coefficient (Wildman–Crippen LogP) is 2.63. The zero-order valence-electron chi connectivity index (χ0n) is 18.4. The number of hydrogen-bond donors (Lipinski definition) is 1. The number of fused-ring (bicyclic) bond motifs is 2. The van der Waals surface area contributed by atoms with Gasteiger partial charge in [0, 0.05) is 30.9 Å². The van der Waals surface area contributed by atoms with Crippen molar-refractivity contribution in [3.05, 3.63) is 70.8 Å². The average molecular weight is 453 g/mol. The quantitative estimate of drug-likeness (QED) is 0.393. The normalized spacial score (nSPS) is 17.1. The van der Waals surface area contributed by atoms with Crippen molar-refractivity contribution in [1.82, 2.24) is 9.80 Å². The van der Waals surface area contributed by atoms with E-state index >= 15 is 0 Å². The van der Waals surface area contributed by atoms with Crippen LogP contribution in [0.15, 0.2) is 48.5 Å². The molecule has 0 spiro atoms. The molecule has 2 heterocycles. The summed E-state index contributed by atoms with van der Waals surface area (Å²) in [6, 6.07) is 13.9. The molecule has 2 aromatic rings. The Bertz CT molecular complexity index is 988. The molecule has 0 saturated heterocycles. The van der Waals surface area contributed by atoms with Crippen LogP contribution in [0.25, 0.3) is 0 Å². The lowest BCUT2D eigenvalue weighted by Gasteiger charge is -2.20. The van der Waals surface area contributed by atoms with Crippen LogP contribution in [0.1, 0.15) is 62.1 Å². The summed E-state index contributed by atoms with van der Waals surface area (Å²) in [5.41, 5.74) is 2.10. The zero-order chi connectivity index (χ0) is 23.2. The average Bonchev–Trinajstić information content (AvgIpc) is 3.23. The highest BCUT2D eigenvalue weighted by molar-refractivity contribution is 6.21. The summed E-state index contributed by atoms with van der Waals surface area (Å²) in [6.45, 7) is 2.40. The molecule has 8 nitrogen and oxygen atoms in total. The Balaban J connectivity index is 1.02. The highest BCUT2D eigenvalue weighted by Crippen LogP contribution is 2.30. The van der Waals surface area contributed by atoms with Crippen LogP contribution >= 0.6 is 0 Å². The third-order valence-corrected chi connectivity index (χ3v) is 5.92. The number of amides is 3. The molecule has 3 amide bonds.